The maximum Gasteiger partial charge on any atom is 0.316 e. The van der Waals surface area contributed by atoms with Crippen LogP contribution in [-0.2, 0) is 19.1 Å². The van der Waals surface area contributed by atoms with Crippen molar-refractivity contribution in [3.63, 3.8) is 0 Å². The summed E-state index contributed by atoms with van der Waals surface area (Å²) in [7, 11) is 0. The predicted molar refractivity (Wildman–Crippen MR) is 39.3 cm³/mol. The highest BCUT2D eigenvalue weighted by molar-refractivity contribution is 9.09. The van der Waals surface area contributed by atoms with Crippen LogP contribution in [0.4, 0.5) is 0 Å². The molecule has 0 bridgehead atoms. The maximum atomic E-state index is 10.6. The zero-order valence-electron chi connectivity index (χ0n) is 5.71. The van der Waals surface area contributed by atoms with Gasteiger partial charge in [0, 0.05) is 0 Å². The molecule has 62 valence electrons. The molecular formula is C6H7BrO4. The van der Waals surface area contributed by atoms with E-state index in [1.165, 1.54) is 0 Å². The van der Waals surface area contributed by atoms with Crippen LogP contribution >= 0.6 is 15.9 Å². The van der Waals surface area contributed by atoms with E-state index in [9.17, 15) is 9.59 Å². The first kappa shape index (κ1) is 8.52. The van der Waals surface area contributed by atoms with Gasteiger partial charge in [-0.1, -0.05) is 15.9 Å². The Morgan fingerprint density at radius 1 is 1.82 bits per heavy atom. The third-order valence-electron chi connectivity index (χ3n) is 1.23. The lowest BCUT2D eigenvalue weighted by atomic mass is 10.3. The van der Waals surface area contributed by atoms with Crippen molar-refractivity contribution in [1.29, 1.82) is 0 Å². The Bertz CT molecular complexity index is 179. The molecule has 1 heterocycles. The van der Waals surface area contributed by atoms with Gasteiger partial charge in [0.15, 0.2) is 0 Å². The monoisotopic (exact) mass is 222 g/mol. The molecule has 0 aliphatic carbocycles. The van der Waals surface area contributed by atoms with Crippen LogP contribution in [0.3, 0.4) is 0 Å². The van der Waals surface area contributed by atoms with E-state index in [2.05, 4.69) is 20.7 Å². The maximum absolute atomic E-state index is 10.6. The summed E-state index contributed by atoms with van der Waals surface area (Å²) in [5.74, 6) is -0.675. The van der Waals surface area contributed by atoms with Gasteiger partial charge in [0.05, 0.1) is 6.42 Å². The van der Waals surface area contributed by atoms with Gasteiger partial charge >= 0.3 is 11.9 Å². The molecule has 0 radical (unpaired) electrons. The lowest BCUT2D eigenvalue weighted by molar-refractivity contribution is -0.145. The zero-order chi connectivity index (χ0) is 8.27. The first-order valence-corrected chi connectivity index (χ1v) is 4.25. The largest absolute Gasteiger partial charge is 0.462 e. The standard InChI is InChI=1S/C6H7BrO4/c7-2-6(9)11-4-1-5(8)10-3-4/h4H,1-3H2. The number of hydrogen-bond acceptors (Lipinski definition) is 4. The minimum Gasteiger partial charge on any atom is -0.462 e. The normalized spacial score (nSPS) is 23.0. The summed E-state index contributed by atoms with van der Waals surface area (Å²) in [6, 6.07) is 0. The van der Waals surface area contributed by atoms with Crippen molar-refractivity contribution >= 4 is 27.9 Å². The van der Waals surface area contributed by atoms with Crippen LogP contribution in [0.1, 0.15) is 6.42 Å². The Morgan fingerprint density at radius 2 is 2.55 bits per heavy atom. The van der Waals surface area contributed by atoms with Crippen molar-refractivity contribution in [3.8, 4) is 0 Å². The van der Waals surface area contributed by atoms with Crippen molar-refractivity contribution in [3.05, 3.63) is 0 Å². The number of ether oxygens (including phenoxy) is 2. The molecule has 1 rings (SSSR count). The SMILES string of the molecule is O=C1CC(OC(=O)CBr)CO1. The molecule has 1 fully saturated rings. The fraction of sp³-hybridized carbons (Fsp3) is 0.667. The molecular weight excluding hydrogens is 216 g/mol. The topological polar surface area (TPSA) is 52.6 Å². The van der Waals surface area contributed by atoms with E-state index in [1.807, 2.05) is 0 Å². The Balaban J connectivity index is 2.28. The third kappa shape index (κ3) is 2.49. The summed E-state index contributed by atoms with van der Waals surface area (Å²) in [5, 5.41) is 0.150. The molecule has 1 aliphatic heterocycles. The average molecular weight is 223 g/mol. The van der Waals surface area contributed by atoms with Crippen LogP contribution in [0.15, 0.2) is 0 Å². The average Bonchev–Trinajstić information content (AvgIpc) is 2.35. The highest BCUT2D eigenvalue weighted by atomic mass is 79.9. The molecule has 1 saturated heterocycles. The van der Waals surface area contributed by atoms with Crippen LogP contribution < -0.4 is 0 Å². The Morgan fingerprint density at radius 3 is 3.00 bits per heavy atom. The van der Waals surface area contributed by atoms with Crippen molar-refractivity contribution in [2.75, 3.05) is 11.9 Å². The first-order chi connectivity index (χ1) is 5.22. The smallest absolute Gasteiger partial charge is 0.316 e. The van der Waals surface area contributed by atoms with E-state index in [0.29, 0.717) is 0 Å². The van der Waals surface area contributed by atoms with Gasteiger partial charge in [-0.05, 0) is 0 Å². The van der Waals surface area contributed by atoms with Crippen molar-refractivity contribution < 1.29 is 19.1 Å². The summed E-state index contributed by atoms with van der Waals surface area (Å²) < 4.78 is 9.38. The second-order valence-corrected chi connectivity index (χ2v) is 2.69. The van der Waals surface area contributed by atoms with E-state index in [1.54, 1.807) is 0 Å². The van der Waals surface area contributed by atoms with E-state index in [4.69, 9.17) is 4.74 Å². The molecule has 0 N–H and O–H groups in total. The zero-order valence-corrected chi connectivity index (χ0v) is 7.30. The van der Waals surface area contributed by atoms with Gasteiger partial charge in [0.2, 0.25) is 0 Å². The Kier molecular flexibility index (Phi) is 2.87. The van der Waals surface area contributed by atoms with Gasteiger partial charge in [-0.25, -0.2) is 0 Å². The van der Waals surface area contributed by atoms with Gasteiger partial charge in [-0.2, -0.15) is 0 Å². The highest BCUT2D eigenvalue weighted by Gasteiger charge is 2.26. The molecule has 1 unspecified atom stereocenters. The van der Waals surface area contributed by atoms with E-state index in [0.717, 1.165) is 0 Å². The number of alkyl halides is 1. The van der Waals surface area contributed by atoms with Crippen LogP contribution in [0.25, 0.3) is 0 Å². The summed E-state index contributed by atoms with van der Waals surface area (Å²) in [4.78, 5) is 21.1. The van der Waals surface area contributed by atoms with Gasteiger partial charge < -0.3 is 9.47 Å². The van der Waals surface area contributed by atoms with Crippen LogP contribution in [0.2, 0.25) is 0 Å². The van der Waals surface area contributed by atoms with Crippen LogP contribution in [0, 0.1) is 0 Å². The van der Waals surface area contributed by atoms with Crippen molar-refractivity contribution in [2.24, 2.45) is 0 Å². The van der Waals surface area contributed by atoms with E-state index < -0.39 is 0 Å². The van der Waals surface area contributed by atoms with Gasteiger partial charge in [-0.15, -0.1) is 0 Å². The number of cyclic esters (lactones) is 1. The fourth-order valence-corrected chi connectivity index (χ4v) is 0.915. The number of carbonyl (C=O) groups excluding carboxylic acids is 2. The molecule has 11 heavy (non-hydrogen) atoms. The number of esters is 2. The molecule has 5 heteroatoms. The molecule has 0 amide bonds. The van der Waals surface area contributed by atoms with Gasteiger partial charge in [-0.3, -0.25) is 9.59 Å². The van der Waals surface area contributed by atoms with Crippen LogP contribution in [-0.4, -0.2) is 30.0 Å². The first-order valence-electron chi connectivity index (χ1n) is 3.13. The molecule has 0 aromatic carbocycles. The number of carbonyl (C=O) groups is 2. The summed E-state index contributed by atoms with van der Waals surface area (Å²) >= 11 is 2.94. The summed E-state index contributed by atoms with van der Waals surface area (Å²) in [5.41, 5.74) is 0. The Labute approximate surface area is 72.0 Å². The van der Waals surface area contributed by atoms with Crippen LogP contribution in [0.5, 0.6) is 0 Å². The molecule has 1 atom stereocenters. The molecule has 4 nitrogen and oxygen atoms in total. The second kappa shape index (κ2) is 3.71. The number of hydrogen-bond donors (Lipinski definition) is 0. The number of rotatable bonds is 2. The van der Waals surface area contributed by atoms with E-state index in [-0.39, 0.29) is 36.4 Å². The number of halogens is 1. The fourth-order valence-electron chi connectivity index (χ4n) is 0.783. The van der Waals surface area contributed by atoms with Gasteiger partial charge in [0.1, 0.15) is 18.0 Å². The highest BCUT2D eigenvalue weighted by Crippen LogP contribution is 2.10. The summed E-state index contributed by atoms with van der Waals surface area (Å²) in [6.45, 7) is 0.192. The minimum absolute atomic E-state index is 0.150. The molecule has 0 spiro atoms. The molecule has 0 aromatic heterocycles. The Hall–Kier alpha value is -0.580. The quantitative estimate of drug-likeness (QED) is 0.497. The van der Waals surface area contributed by atoms with Crippen molar-refractivity contribution in [1.82, 2.24) is 0 Å². The van der Waals surface area contributed by atoms with E-state index >= 15 is 0 Å². The molecule has 1 aliphatic rings. The van der Waals surface area contributed by atoms with Crippen molar-refractivity contribution in [2.45, 2.75) is 12.5 Å². The minimum atomic E-state index is -0.382. The van der Waals surface area contributed by atoms with Gasteiger partial charge in [0.25, 0.3) is 0 Å². The lowest BCUT2D eigenvalue weighted by Gasteiger charge is -2.05. The molecule has 0 aromatic rings. The third-order valence-corrected chi connectivity index (χ3v) is 1.69. The lowest BCUT2D eigenvalue weighted by Crippen LogP contribution is -2.18. The second-order valence-electron chi connectivity index (χ2n) is 2.13. The molecule has 0 saturated carbocycles. The summed E-state index contributed by atoms with van der Waals surface area (Å²) in [6.07, 6.45) is -0.203. The predicted octanol–water partition coefficient (Wildman–Crippen LogP) is 0.240.